The number of ether oxygens (including phenoxy) is 1. The van der Waals surface area contributed by atoms with Crippen molar-refractivity contribution in [2.45, 2.75) is 40.2 Å². The van der Waals surface area contributed by atoms with E-state index in [1.165, 1.54) is 6.07 Å². The molecule has 0 fully saturated rings. The van der Waals surface area contributed by atoms with Crippen LogP contribution in [0, 0.1) is 5.92 Å². The van der Waals surface area contributed by atoms with Gasteiger partial charge in [0.25, 0.3) is 0 Å². The maximum atomic E-state index is 13.1. The van der Waals surface area contributed by atoms with Crippen molar-refractivity contribution in [2.24, 2.45) is 5.92 Å². The van der Waals surface area contributed by atoms with Crippen molar-refractivity contribution in [3.05, 3.63) is 52.1 Å². The topological polar surface area (TPSA) is 165 Å². The van der Waals surface area contributed by atoms with E-state index in [2.05, 4.69) is 0 Å². The maximum absolute atomic E-state index is 13.1. The molecule has 2 unspecified atom stereocenters. The summed E-state index contributed by atoms with van der Waals surface area (Å²) in [5.41, 5.74) is 1.59. The first kappa shape index (κ1) is 25.4. The van der Waals surface area contributed by atoms with Gasteiger partial charge in [-0.3, -0.25) is 9.59 Å². The average Bonchev–Trinajstić information content (AvgIpc) is 2.86. The second-order valence-corrected chi connectivity index (χ2v) is 10.7. The van der Waals surface area contributed by atoms with Crippen LogP contribution in [0.15, 0.2) is 35.4 Å². The molecule has 1 heterocycles. The van der Waals surface area contributed by atoms with Crippen molar-refractivity contribution in [1.82, 2.24) is 0 Å². The predicted octanol–water partition coefficient (Wildman–Crippen LogP) is 5.57. The third-order valence-electron chi connectivity index (χ3n) is 8.35. The van der Waals surface area contributed by atoms with Crippen molar-refractivity contribution in [3.8, 4) is 51.4 Å². The molecule has 6 N–H and O–H groups in total. The summed E-state index contributed by atoms with van der Waals surface area (Å²) in [7, 11) is 0. The zero-order chi connectivity index (χ0) is 28.9. The molecule has 6 rings (SSSR count). The Bertz CT molecular complexity index is 1900. The molecule has 1 aliphatic heterocycles. The van der Waals surface area contributed by atoms with Crippen LogP contribution in [0.25, 0.3) is 32.7 Å². The summed E-state index contributed by atoms with van der Waals surface area (Å²) in [6, 6.07) is 4.91. The molecule has 2 aliphatic rings. The molecule has 0 amide bonds. The van der Waals surface area contributed by atoms with Crippen LogP contribution >= 0.6 is 0 Å². The van der Waals surface area contributed by atoms with Gasteiger partial charge in [-0.15, -0.1) is 0 Å². The molecule has 1 aliphatic carbocycles. The molecular formula is C31H26O9. The van der Waals surface area contributed by atoms with E-state index in [1.54, 1.807) is 33.8 Å². The zero-order valence-electron chi connectivity index (χ0n) is 22.1. The monoisotopic (exact) mass is 542 g/mol. The van der Waals surface area contributed by atoms with Crippen LogP contribution in [0.1, 0.15) is 54.0 Å². The molecule has 0 spiro atoms. The number of ketones is 2. The van der Waals surface area contributed by atoms with Crippen molar-refractivity contribution in [1.29, 1.82) is 0 Å². The van der Waals surface area contributed by atoms with Gasteiger partial charge in [0, 0.05) is 34.0 Å². The van der Waals surface area contributed by atoms with E-state index < -0.39 is 46.5 Å². The Morgan fingerprint density at radius 3 is 1.80 bits per heavy atom. The molecule has 4 aromatic rings. The number of carbonyl (C=O) groups excluding carboxylic acids is 2. The second-order valence-electron chi connectivity index (χ2n) is 10.7. The lowest BCUT2D eigenvalue weighted by molar-refractivity contribution is 0.0726. The van der Waals surface area contributed by atoms with Gasteiger partial charge in [0.1, 0.15) is 51.9 Å². The van der Waals surface area contributed by atoms with Crippen LogP contribution in [0.5, 0.6) is 40.2 Å². The molecule has 4 aromatic carbocycles. The van der Waals surface area contributed by atoms with Crippen molar-refractivity contribution in [2.75, 3.05) is 0 Å². The van der Waals surface area contributed by atoms with Crippen molar-refractivity contribution >= 4 is 33.1 Å². The molecule has 0 saturated carbocycles. The Hall–Kier alpha value is -4.92. The number of benzene rings is 4. The van der Waals surface area contributed by atoms with Crippen molar-refractivity contribution < 1.29 is 45.0 Å². The highest BCUT2D eigenvalue weighted by Crippen LogP contribution is 2.55. The van der Waals surface area contributed by atoms with E-state index in [0.717, 1.165) is 17.7 Å². The summed E-state index contributed by atoms with van der Waals surface area (Å²) in [4.78, 5) is 26.1. The number of allylic oxidation sites excluding steroid dienone is 2. The average molecular weight is 543 g/mol. The normalized spacial score (nSPS) is 18.7. The molecule has 0 saturated heterocycles. The quantitative estimate of drug-likeness (QED) is 0.180. The predicted molar refractivity (Wildman–Crippen MR) is 147 cm³/mol. The minimum atomic E-state index is -0.558. The van der Waals surface area contributed by atoms with Crippen LogP contribution in [0.2, 0.25) is 0 Å². The molecule has 40 heavy (non-hydrogen) atoms. The molecule has 2 atom stereocenters. The van der Waals surface area contributed by atoms with E-state index in [0.29, 0.717) is 17.6 Å². The van der Waals surface area contributed by atoms with Crippen LogP contribution in [0.4, 0.5) is 0 Å². The fourth-order valence-corrected chi connectivity index (χ4v) is 5.90. The summed E-state index contributed by atoms with van der Waals surface area (Å²) in [5.74, 6) is -4.26. The molecule has 0 bridgehead atoms. The fourth-order valence-electron chi connectivity index (χ4n) is 5.90. The van der Waals surface area contributed by atoms with Gasteiger partial charge in [-0.25, -0.2) is 0 Å². The van der Waals surface area contributed by atoms with Gasteiger partial charge >= 0.3 is 0 Å². The molecule has 0 radical (unpaired) electrons. The molecule has 9 heteroatoms. The van der Waals surface area contributed by atoms with E-state index in [9.17, 15) is 40.2 Å². The highest BCUT2D eigenvalue weighted by molar-refractivity contribution is 6.21. The van der Waals surface area contributed by atoms with Crippen molar-refractivity contribution in [3.63, 3.8) is 0 Å². The Balaban J connectivity index is 1.76. The Labute approximate surface area is 227 Å². The zero-order valence-corrected chi connectivity index (χ0v) is 22.1. The Kier molecular flexibility index (Phi) is 5.26. The number of aromatic hydroxyl groups is 6. The van der Waals surface area contributed by atoms with Gasteiger partial charge in [-0.1, -0.05) is 12.5 Å². The maximum Gasteiger partial charge on any atom is 0.192 e. The number of phenolic OH excluding ortho intramolecular Hbond substituents is 6. The molecule has 9 nitrogen and oxygen atoms in total. The highest BCUT2D eigenvalue weighted by atomic mass is 16.5. The lowest BCUT2D eigenvalue weighted by Crippen LogP contribution is -2.33. The number of carbonyl (C=O) groups is 2. The van der Waals surface area contributed by atoms with Gasteiger partial charge in [-0.05, 0) is 50.5 Å². The number of Topliss-reactive ketones (excluding diaryl/α,β-unsaturated/α-hetero) is 2. The minimum Gasteiger partial charge on any atom is -0.507 e. The first-order chi connectivity index (χ1) is 18.8. The van der Waals surface area contributed by atoms with Gasteiger partial charge < -0.3 is 35.4 Å². The number of hydrogen-bond acceptors (Lipinski definition) is 9. The Morgan fingerprint density at radius 2 is 1.23 bits per heavy atom. The van der Waals surface area contributed by atoms with E-state index in [-0.39, 0.29) is 61.1 Å². The van der Waals surface area contributed by atoms with E-state index in [4.69, 9.17) is 4.74 Å². The summed E-state index contributed by atoms with van der Waals surface area (Å²) in [6.07, 6.45) is -0.190. The van der Waals surface area contributed by atoms with Gasteiger partial charge in [-0.2, -0.15) is 0 Å². The largest absolute Gasteiger partial charge is 0.507 e. The standard InChI is InChI=1S/C31H26O9/c1-10-5-14-6-15-23(17(32)8-19(34)25(15)30(38)22(14)28(36)11(10)2)24-16-7-21-27(29(37)12(3)13(4)40-21)31(39)26(16)20(35)9-18(24)33/h6-9,12-13,32-35,38-39H,5H2,1-4H3. The minimum absolute atomic E-state index is 0.0346. The lowest BCUT2D eigenvalue weighted by Gasteiger charge is -2.29. The van der Waals surface area contributed by atoms with Gasteiger partial charge in [0.15, 0.2) is 11.6 Å². The van der Waals surface area contributed by atoms with Crippen LogP contribution in [-0.2, 0) is 6.42 Å². The lowest BCUT2D eigenvalue weighted by atomic mass is 9.81. The number of hydrogen-bond donors (Lipinski definition) is 6. The molecular weight excluding hydrogens is 516 g/mol. The first-order valence-electron chi connectivity index (χ1n) is 12.7. The molecule has 204 valence electrons. The number of phenols is 6. The van der Waals surface area contributed by atoms with Gasteiger partial charge in [0.2, 0.25) is 0 Å². The summed E-state index contributed by atoms with van der Waals surface area (Å²) in [6.45, 7) is 6.83. The molecule has 0 aromatic heterocycles. The smallest absolute Gasteiger partial charge is 0.192 e. The fraction of sp³-hybridized carbons (Fsp3) is 0.226. The SMILES string of the molecule is CC1=C(C)C(=O)c2c(cc3c(-c4c(O)cc(O)c5c(O)c6c(cc45)OC(C)C(C)C6=O)c(O)cc(O)c3c2O)C1. The Morgan fingerprint density at radius 1 is 0.700 bits per heavy atom. The summed E-state index contributed by atoms with van der Waals surface area (Å²) >= 11 is 0. The van der Waals surface area contributed by atoms with Gasteiger partial charge in [0.05, 0.1) is 22.3 Å². The third-order valence-corrected chi connectivity index (χ3v) is 8.35. The third kappa shape index (κ3) is 3.20. The number of fused-ring (bicyclic) bond motifs is 4. The number of rotatable bonds is 1. The first-order valence-corrected chi connectivity index (χ1v) is 12.7. The summed E-state index contributed by atoms with van der Waals surface area (Å²) in [5, 5.41) is 66.1. The van der Waals surface area contributed by atoms with Crippen LogP contribution in [0.3, 0.4) is 0 Å². The van der Waals surface area contributed by atoms with E-state index in [1.807, 2.05) is 0 Å². The highest BCUT2D eigenvalue weighted by Gasteiger charge is 2.36. The summed E-state index contributed by atoms with van der Waals surface area (Å²) < 4.78 is 5.91. The second kappa shape index (κ2) is 8.29. The van der Waals surface area contributed by atoms with E-state index >= 15 is 0 Å². The van der Waals surface area contributed by atoms with Crippen LogP contribution < -0.4 is 4.74 Å². The van der Waals surface area contributed by atoms with Crippen LogP contribution in [-0.4, -0.2) is 48.3 Å².